The van der Waals surface area contributed by atoms with Gasteiger partial charge in [-0.1, -0.05) is 30.9 Å². The number of carbonyl (C=O) groups is 3. The molecular formula is C24H27ClN2O4. The van der Waals surface area contributed by atoms with Crippen LogP contribution in [0.25, 0.3) is 0 Å². The number of nitrogens with one attached hydrogen (secondary N) is 2. The first-order valence-electron chi connectivity index (χ1n) is 10.6. The highest BCUT2D eigenvalue weighted by atomic mass is 35.5. The predicted octanol–water partition coefficient (Wildman–Crippen LogP) is 3.76. The van der Waals surface area contributed by atoms with Crippen LogP contribution in [0.3, 0.4) is 0 Å². The summed E-state index contributed by atoms with van der Waals surface area (Å²) in [5.41, 5.74) is 1.07. The van der Waals surface area contributed by atoms with Gasteiger partial charge in [-0.25, -0.2) is 0 Å². The number of rotatable bonds is 9. The summed E-state index contributed by atoms with van der Waals surface area (Å²) in [5.74, 6) is 0.304. The van der Waals surface area contributed by atoms with E-state index in [0.29, 0.717) is 35.0 Å². The number of hydrogen-bond donors (Lipinski definition) is 2. The Hall–Kier alpha value is -2.86. The van der Waals surface area contributed by atoms with Crippen LogP contribution in [0.2, 0.25) is 5.02 Å². The van der Waals surface area contributed by atoms with E-state index < -0.39 is 0 Å². The molecule has 2 N–H and O–H groups in total. The molecule has 1 fully saturated rings. The van der Waals surface area contributed by atoms with Crippen molar-refractivity contribution >= 4 is 29.2 Å². The van der Waals surface area contributed by atoms with Crippen molar-refractivity contribution in [3.63, 3.8) is 0 Å². The summed E-state index contributed by atoms with van der Waals surface area (Å²) in [4.78, 5) is 36.4. The largest absolute Gasteiger partial charge is 0.484 e. The van der Waals surface area contributed by atoms with E-state index in [1.807, 2.05) is 0 Å². The van der Waals surface area contributed by atoms with Gasteiger partial charge in [0.2, 0.25) is 5.91 Å². The monoisotopic (exact) mass is 442 g/mol. The zero-order chi connectivity index (χ0) is 22.1. The van der Waals surface area contributed by atoms with Gasteiger partial charge in [0.25, 0.3) is 5.91 Å². The molecule has 0 atom stereocenters. The zero-order valence-electron chi connectivity index (χ0n) is 17.4. The third-order valence-electron chi connectivity index (χ3n) is 5.32. The summed E-state index contributed by atoms with van der Waals surface area (Å²) < 4.78 is 5.47. The predicted molar refractivity (Wildman–Crippen MR) is 119 cm³/mol. The topological polar surface area (TPSA) is 84.5 Å². The summed E-state index contributed by atoms with van der Waals surface area (Å²) in [5, 5.41) is 6.18. The number of hydrogen-bond acceptors (Lipinski definition) is 4. The molecule has 1 aliphatic carbocycles. The number of ketones is 1. The number of ether oxygens (including phenoxy) is 1. The van der Waals surface area contributed by atoms with Gasteiger partial charge in [0.1, 0.15) is 5.75 Å². The molecule has 7 heteroatoms. The smallest absolute Gasteiger partial charge is 0.258 e. The summed E-state index contributed by atoms with van der Waals surface area (Å²) in [7, 11) is 0. The van der Waals surface area contributed by atoms with Crippen molar-refractivity contribution in [2.45, 2.75) is 32.1 Å². The first kappa shape index (κ1) is 22.8. The highest BCUT2D eigenvalue weighted by Crippen LogP contribution is 2.23. The van der Waals surface area contributed by atoms with Crippen molar-refractivity contribution in [3.8, 4) is 5.75 Å². The highest BCUT2D eigenvalue weighted by Gasteiger charge is 2.20. The fourth-order valence-corrected chi connectivity index (χ4v) is 3.69. The minimum atomic E-state index is -0.270. The summed E-state index contributed by atoms with van der Waals surface area (Å²) >= 11 is 5.85. The maximum Gasteiger partial charge on any atom is 0.258 e. The van der Waals surface area contributed by atoms with Gasteiger partial charge in [-0.2, -0.15) is 0 Å². The van der Waals surface area contributed by atoms with Gasteiger partial charge in [0.05, 0.1) is 0 Å². The molecule has 0 aromatic heterocycles. The molecule has 0 bridgehead atoms. The number of amides is 2. The van der Waals surface area contributed by atoms with Crippen molar-refractivity contribution < 1.29 is 19.1 Å². The van der Waals surface area contributed by atoms with Gasteiger partial charge in [-0.15, -0.1) is 0 Å². The average Bonchev–Trinajstić information content (AvgIpc) is 2.81. The molecule has 0 heterocycles. The number of halogens is 1. The van der Waals surface area contributed by atoms with Crippen molar-refractivity contribution in [1.82, 2.24) is 10.6 Å². The van der Waals surface area contributed by atoms with E-state index in [2.05, 4.69) is 10.6 Å². The fraction of sp³-hybridized carbons (Fsp3) is 0.375. The van der Waals surface area contributed by atoms with Crippen LogP contribution in [-0.4, -0.2) is 37.3 Å². The minimum absolute atomic E-state index is 0.0819. The van der Waals surface area contributed by atoms with E-state index >= 15 is 0 Å². The molecule has 164 valence electrons. The van der Waals surface area contributed by atoms with Crippen LogP contribution in [0.1, 0.15) is 48.0 Å². The normalized spacial score (nSPS) is 14.0. The lowest BCUT2D eigenvalue weighted by Gasteiger charge is -2.20. The Morgan fingerprint density at radius 1 is 0.839 bits per heavy atom. The third-order valence-corrected chi connectivity index (χ3v) is 5.57. The molecule has 0 aliphatic heterocycles. The quantitative estimate of drug-likeness (QED) is 0.457. The zero-order valence-corrected chi connectivity index (χ0v) is 18.1. The molecule has 0 radical (unpaired) electrons. The molecule has 2 amide bonds. The van der Waals surface area contributed by atoms with Crippen molar-refractivity contribution in [1.29, 1.82) is 0 Å². The molecule has 3 rings (SSSR count). The summed E-state index contributed by atoms with van der Waals surface area (Å²) in [6, 6.07) is 13.3. The van der Waals surface area contributed by atoms with E-state index in [9.17, 15) is 14.4 Å². The van der Waals surface area contributed by atoms with Crippen LogP contribution in [0.4, 0.5) is 0 Å². The van der Waals surface area contributed by atoms with Gasteiger partial charge < -0.3 is 15.4 Å². The Labute approximate surface area is 187 Å². The Balaban J connectivity index is 1.35. The Morgan fingerprint density at radius 3 is 2.06 bits per heavy atom. The van der Waals surface area contributed by atoms with Gasteiger partial charge in [-0.3, -0.25) is 14.4 Å². The number of carbonyl (C=O) groups excluding carboxylic acids is 3. The third kappa shape index (κ3) is 7.10. The summed E-state index contributed by atoms with van der Waals surface area (Å²) in [6.07, 6.45) is 5.35. The molecule has 2 aromatic carbocycles. The lowest BCUT2D eigenvalue weighted by Crippen LogP contribution is -2.39. The van der Waals surface area contributed by atoms with E-state index in [1.54, 1.807) is 48.5 Å². The molecule has 31 heavy (non-hydrogen) atoms. The fourth-order valence-electron chi connectivity index (χ4n) is 3.57. The second-order valence-corrected chi connectivity index (χ2v) is 8.06. The SMILES string of the molecule is O=C(COc1ccc(C(=O)c2ccc(Cl)cc2)cc1)NCCNC(=O)C1CCCCC1. The van der Waals surface area contributed by atoms with Gasteiger partial charge >= 0.3 is 0 Å². The molecule has 6 nitrogen and oxygen atoms in total. The molecule has 0 spiro atoms. The minimum Gasteiger partial charge on any atom is -0.484 e. The Bertz CT molecular complexity index is 891. The van der Waals surface area contributed by atoms with E-state index in [1.165, 1.54) is 6.42 Å². The van der Waals surface area contributed by atoms with Crippen LogP contribution in [0.15, 0.2) is 48.5 Å². The maximum absolute atomic E-state index is 12.5. The van der Waals surface area contributed by atoms with Gasteiger partial charge in [0.15, 0.2) is 12.4 Å². The lowest BCUT2D eigenvalue weighted by atomic mass is 9.89. The summed E-state index contributed by atoms with van der Waals surface area (Å²) in [6.45, 7) is 0.624. The van der Waals surface area contributed by atoms with Crippen LogP contribution in [0, 0.1) is 5.92 Å². The second kappa shape index (κ2) is 11.5. The second-order valence-electron chi connectivity index (χ2n) is 7.62. The van der Waals surface area contributed by atoms with Crippen molar-refractivity contribution in [2.24, 2.45) is 5.92 Å². The molecular weight excluding hydrogens is 416 g/mol. The average molecular weight is 443 g/mol. The molecule has 1 aliphatic rings. The molecule has 0 saturated heterocycles. The van der Waals surface area contributed by atoms with Crippen LogP contribution >= 0.6 is 11.6 Å². The molecule has 2 aromatic rings. The standard InChI is InChI=1S/C24H27ClN2O4/c25-20-10-6-17(7-11-20)23(29)18-8-12-21(13-9-18)31-16-22(28)26-14-15-27-24(30)19-4-2-1-3-5-19/h6-13,19H,1-5,14-16H2,(H,26,28)(H,27,30). The van der Waals surface area contributed by atoms with Crippen LogP contribution in [-0.2, 0) is 9.59 Å². The van der Waals surface area contributed by atoms with E-state index in [4.69, 9.17) is 16.3 Å². The first-order valence-corrected chi connectivity index (χ1v) is 11.0. The first-order chi connectivity index (χ1) is 15.0. The molecule has 0 unspecified atom stereocenters. The maximum atomic E-state index is 12.5. The van der Waals surface area contributed by atoms with E-state index in [0.717, 1.165) is 25.7 Å². The van der Waals surface area contributed by atoms with Gasteiger partial charge in [-0.05, 0) is 61.4 Å². The van der Waals surface area contributed by atoms with Gasteiger partial charge in [0, 0.05) is 35.2 Å². The lowest BCUT2D eigenvalue weighted by molar-refractivity contribution is -0.126. The Morgan fingerprint density at radius 2 is 1.42 bits per heavy atom. The molecule has 1 saturated carbocycles. The van der Waals surface area contributed by atoms with Crippen molar-refractivity contribution in [2.75, 3.05) is 19.7 Å². The highest BCUT2D eigenvalue weighted by molar-refractivity contribution is 6.30. The van der Waals surface area contributed by atoms with E-state index in [-0.39, 0.29) is 30.1 Å². The number of benzene rings is 2. The Kier molecular flexibility index (Phi) is 8.47. The van der Waals surface area contributed by atoms with Crippen LogP contribution < -0.4 is 15.4 Å². The van der Waals surface area contributed by atoms with Crippen molar-refractivity contribution in [3.05, 3.63) is 64.7 Å². The van der Waals surface area contributed by atoms with Crippen LogP contribution in [0.5, 0.6) is 5.75 Å².